The topological polar surface area (TPSA) is 103 Å². The van der Waals surface area contributed by atoms with E-state index in [2.05, 4.69) is 25.9 Å². The number of anilines is 2. The Bertz CT molecular complexity index is 1070. The van der Waals surface area contributed by atoms with Gasteiger partial charge in [-0.3, -0.25) is 15.2 Å². The molecule has 0 radical (unpaired) electrons. The number of carbonyl (C=O) groups is 1. The first kappa shape index (κ1) is 21.0. The maximum atomic E-state index is 12.4. The Labute approximate surface area is 185 Å². The van der Waals surface area contributed by atoms with Gasteiger partial charge in [-0.2, -0.15) is 0 Å². The summed E-state index contributed by atoms with van der Waals surface area (Å²) in [6.45, 7) is 1.87. The molecule has 3 heterocycles. The predicted octanol–water partition coefficient (Wildman–Crippen LogP) is 3.96. The molecule has 1 saturated heterocycles. The fourth-order valence-electron chi connectivity index (χ4n) is 3.52. The summed E-state index contributed by atoms with van der Waals surface area (Å²) in [7, 11) is 0. The lowest BCUT2D eigenvalue weighted by Gasteiger charge is -2.26. The summed E-state index contributed by atoms with van der Waals surface area (Å²) >= 11 is 6.42. The number of hydrogen-bond acceptors (Lipinski definition) is 6. The molecule has 0 spiro atoms. The summed E-state index contributed by atoms with van der Waals surface area (Å²) in [5.74, 6) is 0.232. The van der Waals surface area contributed by atoms with Gasteiger partial charge in [-0.05, 0) is 43.7 Å². The Kier molecular flexibility index (Phi) is 6.54. The molecule has 7 nitrogen and oxygen atoms in total. The van der Waals surface area contributed by atoms with E-state index in [0.29, 0.717) is 33.2 Å². The van der Waals surface area contributed by atoms with Gasteiger partial charge in [0.05, 0.1) is 16.4 Å². The number of benzene rings is 1. The molecule has 2 aromatic heterocycles. The van der Waals surface area contributed by atoms with Gasteiger partial charge in [0.1, 0.15) is 5.82 Å². The monoisotopic (exact) mass is 434 g/mol. The van der Waals surface area contributed by atoms with Crippen LogP contribution in [0.5, 0.6) is 0 Å². The Morgan fingerprint density at radius 3 is 2.65 bits per heavy atom. The van der Waals surface area contributed by atoms with Crippen LogP contribution in [0.1, 0.15) is 34.3 Å². The van der Waals surface area contributed by atoms with E-state index >= 15 is 0 Å². The Hall–Kier alpha value is -3.29. The molecule has 1 amide bonds. The van der Waals surface area contributed by atoms with Crippen LogP contribution in [0.15, 0.2) is 61.1 Å². The highest BCUT2D eigenvalue weighted by atomic mass is 35.5. The van der Waals surface area contributed by atoms with E-state index < -0.39 is 0 Å². The van der Waals surface area contributed by atoms with Crippen LogP contribution in [0.25, 0.3) is 0 Å². The molecule has 4 rings (SSSR count). The number of nitrogens with zero attached hydrogens (tertiary/aromatic N) is 2. The first-order chi connectivity index (χ1) is 15.1. The number of halogens is 1. The molecule has 0 bridgehead atoms. The average molecular weight is 435 g/mol. The number of pyridine rings is 2. The number of amides is 1. The Balaban J connectivity index is 1.52. The number of hydrogen-bond donors (Lipinski definition) is 4. The zero-order chi connectivity index (χ0) is 21.6. The highest BCUT2D eigenvalue weighted by molar-refractivity contribution is 6.34. The van der Waals surface area contributed by atoms with Crippen LogP contribution in [0.3, 0.4) is 0 Å². The molecule has 4 N–H and O–H groups in total. The van der Waals surface area contributed by atoms with Crippen molar-refractivity contribution in [1.29, 1.82) is 5.41 Å². The lowest BCUT2D eigenvalue weighted by atomic mass is 10.00. The summed E-state index contributed by atoms with van der Waals surface area (Å²) in [4.78, 5) is 20.7. The van der Waals surface area contributed by atoms with E-state index in [1.165, 1.54) is 0 Å². The lowest BCUT2D eigenvalue weighted by Crippen LogP contribution is -2.38. The fourth-order valence-corrected chi connectivity index (χ4v) is 3.73. The van der Waals surface area contributed by atoms with Crippen molar-refractivity contribution in [2.24, 2.45) is 0 Å². The van der Waals surface area contributed by atoms with Gasteiger partial charge in [0, 0.05) is 47.9 Å². The van der Waals surface area contributed by atoms with Crippen molar-refractivity contribution in [3.05, 3.63) is 82.8 Å². The summed E-state index contributed by atoms with van der Waals surface area (Å²) in [5, 5.41) is 18.8. The molecule has 1 aliphatic heterocycles. The van der Waals surface area contributed by atoms with Crippen molar-refractivity contribution >= 4 is 34.7 Å². The molecule has 1 unspecified atom stereocenters. The fraction of sp³-hybridized carbons (Fsp3) is 0.217. The highest BCUT2D eigenvalue weighted by Crippen LogP contribution is 2.28. The van der Waals surface area contributed by atoms with Gasteiger partial charge in [0.15, 0.2) is 0 Å². The molecular formula is C23H23ClN6O. The van der Waals surface area contributed by atoms with Crippen LogP contribution in [-0.4, -0.2) is 40.7 Å². The third-order valence-corrected chi connectivity index (χ3v) is 5.44. The first-order valence-corrected chi connectivity index (χ1v) is 10.5. The van der Waals surface area contributed by atoms with Crippen LogP contribution >= 0.6 is 11.6 Å². The van der Waals surface area contributed by atoms with Gasteiger partial charge in [-0.15, -0.1) is 0 Å². The van der Waals surface area contributed by atoms with Crippen LogP contribution in [0.2, 0.25) is 5.02 Å². The molecular weight excluding hydrogens is 412 g/mol. The van der Waals surface area contributed by atoms with Gasteiger partial charge in [0.2, 0.25) is 0 Å². The predicted molar refractivity (Wildman–Crippen MR) is 123 cm³/mol. The van der Waals surface area contributed by atoms with Crippen LogP contribution in [0, 0.1) is 5.41 Å². The van der Waals surface area contributed by atoms with Crippen molar-refractivity contribution in [3.63, 3.8) is 0 Å². The van der Waals surface area contributed by atoms with Gasteiger partial charge >= 0.3 is 0 Å². The smallest absolute Gasteiger partial charge is 0.256 e. The Morgan fingerprint density at radius 2 is 1.94 bits per heavy atom. The molecule has 3 aromatic rings. The van der Waals surface area contributed by atoms with Gasteiger partial charge < -0.3 is 16.0 Å². The molecule has 1 fully saturated rings. The summed E-state index contributed by atoms with van der Waals surface area (Å²) in [5.41, 5.74) is 2.79. The second-order valence-electron chi connectivity index (χ2n) is 7.35. The summed E-state index contributed by atoms with van der Waals surface area (Å²) in [6, 6.07) is 12.5. The normalized spacial score (nSPS) is 15.8. The number of piperidine rings is 1. The second kappa shape index (κ2) is 9.68. The quantitative estimate of drug-likeness (QED) is 0.440. The molecule has 158 valence electrons. The first-order valence-electron chi connectivity index (χ1n) is 10.1. The minimum absolute atomic E-state index is 0.248. The SMILES string of the molecule is N=C(c1ccc(C(=O)Nc2ccccn2)cc1)c1cncc(Cl)c1NC1CCCNC1. The van der Waals surface area contributed by atoms with Crippen LogP contribution in [-0.2, 0) is 0 Å². The van der Waals surface area contributed by atoms with E-state index in [1.54, 1.807) is 61.1 Å². The zero-order valence-electron chi connectivity index (χ0n) is 16.9. The summed E-state index contributed by atoms with van der Waals surface area (Å²) < 4.78 is 0. The molecule has 31 heavy (non-hydrogen) atoms. The molecule has 8 heteroatoms. The molecule has 1 aliphatic rings. The molecule has 0 saturated carbocycles. The minimum atomic E-state index is -0.256. The number of rotatable bonds is 6. The highest BCUT2D eigenvalue weighted by Gasteiger charge is 2.19. The number of aromatic nitrogens is 2. The van der Waals surface area contributed by atoms with Gasteiger partial charge in [-0.25, -0.2) is 4.98 Å². The number of nitrogens with one attached hydrogen (secondary N) is 4. The van der Waals surface area contributed by atoms with E-state index in [0.717, 1.165) is 25.9 Å². The van der Waals surface area contributed by atoms with E-state index in [4.69, 9.17) is 17.0 Å². The largest absolute Gasteiger partial charge is 0.379 e. The second-order valence-corrected chi connectivity index (χ2v) is 7.76. The zero-order valence-corrected chi connectivity index (χ0v) is 17.6. The lowest BCUT2D eigenvalue weighted by molar-refractivity contribution is 0.102. The molecule has 0 aliphatic carbocycles. The summed E-state index contributed by atoms with van der Waals surface area (Å²) in [6.07, 6.45) is 6.98. The Morgan fingerprint density at radius 1 is 1.13 bits per heavy atom. The van der Waals surface area contributed by atoms with Crippen molar-refractivity contribution in [1.82, 2.24) is 15.3 Å². The third-order valence-electron chi connectivity index (χ3n) is 5.16. The van der Waals surface area contributed by atoms with Gasteiger partial charge in [0.25, 0.3) is 5.91 Å². The minimum Gasteiger partial charge on any atom is -0.379 e. The number of carbonyl (C=O) groups excluding carboxylic acids is 1. The van der Waals surface area contributed by atoms with Crippen molar-refractivity contribution in [3.8, 4) is 0 Å². The van der Waals surface area contributed by atoms with Crippen molar-refractivity contribution in [2.75, 3.05) is 23.7 Å². The third kappa shape index (κ3) is 5.07. The molecule has 1 aromatic carbocycles. The maximum absolute atomic E-state index is 12.4. The van der Waals surface area contributed by atoms with E-state index in [-0.39, 0.29) is 17.7 Å². The average Bonchev–Trinajstić information content (AvgIpc) is 2.81. The van der Waals surface area contributed by atoms with E-state index in [1.807, 2.05) is 0 Å². The van der Waals surface area contributed by atoms with E-state index in [9.17, 15) is 4.79 Å². The van der Waals surface area contributed by atoms with Gasteiger partial charge in [-0.1, -0.05) is 29.8 Å². The van der Waals surface area contributed by atoms with Crippen molar-refractivity contribution < 1.29 is 4.79 Å². The standard InChI is InChI=1S/C23H23ClN6O/c24-19-14-27-13-18(22(19)29-17-4-3-10-26-12-17)21(25)15-6-8-16(9-7-15)23(31)30-20-5-1-2-11-28-20/h1-2,5-9,11,13-14,17,25-26H,3-4,10,12H2,(H,27,29)(H,28,30,31). The van der Waals surface area contributed by atoms with Crippen molar-refractivity contribution in [2.45, 2.75) is 18.9 Å². The maximum Gasteiger partial charge on any atom is 0.256 e. The van der Waals surface area contributed by atoms with Crippen LogP contribution in [0.4, 0.5) is 11.5 Å². The molecule has 1 atom stereocenters. The van der Waals surface area contributed by atoms with Crippen LogP contribution < -0.4 is 16.0 Å².